The maximum absolute atomic E-state index is 10.4. The van der Waals surface area contributed by atoms with E-state index in [0.717, 1.165) is 6.26 Å². The average molecular weight is 154 g/mol. The molecule has 0 fully saturated rings. The Morgan fingerprint density at radius 1 is 1.33 bits per heavy atom. The van der Waals surface area contributed by atoms with Crippen molar-refractivity contribution in [2.45, 2.75) is 18.5 Å². The average Bonchev–Trinajstić information content (AvgIpc) is 1.62. The van der Waals surface area contributed by atoms with E-state index in [2.05, 4.69) is 0 Å². The molecule has 0 saturated heterocycles. The van der Waals surface area contributed by atoms with Gasteiger partial charge in [-0.1, -0.05) is 0 Å². The minimum atomic E-state index is -3.50. The highest BCUT2D eigenvalue weighted by molar-refractivity contribution is 7.91. The van der Waals surface area contributed by atoms with Gasteiger partial charge in [0.05, 0.1) is 6.10 Å². The van der Waals surface area contributed by atoms with Crippen LogP contribution in [0.4, 0.5) is 0 Å². The fraction of sp³-hybridized carbons (Fsp3) is 1.00. The Kier molecular flexibility index (Phi) is 2.60. The summed E-state index contributed by atoms with van der Waals surface area (Å²) in [5.74, 6) is 0. The van der Waals surface area contributed by atoms with E-state index in [1.807, 2.05) is 0 Å². The number of sulfone groups is 1. The number of hydrogen-bond acceptors (Lipinski definition) is 4. The van der Waals surface area contributed by atoms with Gasteiger partial charge in [0.1, 0.15) is 0 Å². The van der Waals surface area contributed by atoms with Gasteiger partial charge in [0.2, 0.25) is 0 Å². The highest BCUT2D eigenvalue weighted by Crippen LogP contribution is 1.99. The Morgan fingerprint density at radius 3 is 1.67 bits per heavy atom. The molecule has 0 spiro atoms. The predicted octanol–water partition coefficient (Wildman–Crippen LogP) is -1.27. The third kappa shape index (κ3) is 2.78. The minimum Gasteiger partial charge on any atom is -0.390 e. The Labute approximate surface area is 54.0 Å². The van der Waals surface area contributed by atoms with Gasteiger partial charge < -0.3 is 10.2 Å². The first-order chi connectivity index (χ1) is 3.85. The van der Waals surface area contributed by atoms with Crippen LogP contribution in [0, 0.1) is 0 Å². The van der Waals surface area contributed by atoms with Crippen LogP contribution in [-0.4, -0.2) is 36.4 Å². The van der Waals surface area contributed by atoms with E-state index in [1.165, 1.54) is 6.92 Å². The molecule has 0 bridgehead atoms. The third-order valence-corrected chi connectivity index (χ3v) is 2.12. The molecule has 0 radical (unpaired) electrons. The van der Waals surface area contributed by atoms with Gasteiger partial charge in [-0.25, -0.2) is 8.42 Å². The van der Waals surface area contributed by atoms with E-state index in [0.29, 0.717) is 0 Å². The van der Waals surface area contributed by atoms with E-state index in [4.69, 9.17) is 10.2 Å². The normalized spacial score (nSPS) is 19.1. The second kappa shape index (κ2) is 2.64. The molecule has 0 aromatic rings. The zero-order valence-corrected chi connectivity index (χ0v) is 6.09. The Morgan fingerprint density at radius 2 is 1.67 bits per heavy atom. The minimum absolute atomic E-state index is 0.865. The quantitative estimate of drug-likeness (QED) is 0.520. The van der Waals surface area contributed by atoms with Crippen LogP contribution in [-0.2, 0) is 9.84 Å². The van der Waals surface area contributed by atoms with Crippen molar-refractivity contribution < 1.29 is 18.6 Å². The van der Waals surface area contributed by atoms with Crippen LogP contribution in [0.2, 0.25) is 0 Å². The summed E-state index contributed by atoms with van der Waals surface area (Å²) < 4.78 is 20.7. The highest BCUT2D eigenvalue weighted by Gasteiger charge is 2.21. The first-order valence-electron chi connectivity index (χ1n) is 2.40. The van der Waals surface area contributed by atoms with E-state index >= 15 is 0 Å². The van der Waals surface area contributed by atoms with E-state index < -0.39 is 21.4 Å². The molecule has 4 nitrogen and oxygen atoms in total. The number of aliphatic hydroxyl groups excluding tert-OH is 2. The molecule has 9 heavy (non-hydrogen) atoms. The van der Waals surface area contributed by atoms with Crippen LogP contribution in [0.15, 0.2) is 0 Å². The Bertz CT molecular complexity index is 169. The van der Waals surface area contributed by atoms with Crippen molar-refractivity contribution in [2.75, 3.05) is 6.26 Å². The van der Waals surface area contributed by atoms with Crippen molar-refractivity contribution in [3.05, 3.63) is 0 Å². The molecule has 0 amide bonds. The van der Waals surface area contributed by atoms with Crippen LogP contribution in [0.3, 0.4) is 0 Å². The van der Waals surface area contributed by atoms with Crippen LogP contribution in [0.1, 0.15) is 6.92 Å². The smallest absolute Gasteiger partial charge is 0.180 e. The SMILES string of the molecule is CC(O)[C@H](O)S(C)(=O)=O. The highest BCUT2D eigenvalue weighted by atomic mass is 32.2. The molecule has 0 rings (SSSR count). The molecular weight excluding hydrogens is 144 g/mol. The van der Waals surface area contributed by atoms with Crippen molar-refractivity contribution in [1.29, 1.82) is 0 Å². The van der Waals surface area contributed by atoms with Crippen molar-refractivity contribution in [3.63, 3.8) is 0 Å². The monoisotopic (exact) mass is 154 g/mol. The molecule has 0 aromatic heterocycles. The first kappa shape index (κ1) is 8.87. The lowest BCUT2D eigenvalue weighted by atomic mass is 10.4. The summed E-state index contributed by atoms with van der Waals surface area (Å²) in [6, 6.07) is 0. The van der Waals surface area contributed by atoms with E-state index in [9.17, 15) is 8.42 Å². The molecule has 0 aliphatic carbocycles. The first-order valence-corrected chi connectivity index (χ1v) is 4.36. The molecule has 2 atom stereocenters. The fourth-order valence-corrected chi connectivity index (χ4v) is 1.07. The second-order valence-electron chi connectivity index (χ2n) is 1.96. The second-order valence-corrected chi connectivity index (χ2v) is 4.10. The van der Waals surface area contributed by atoms with Crippen LogP contribution < -0.4 is 0 Å². The maximum Gasteiger partial charge on any atom is 0.180 e. The van der Waals surface area contributed by atoms with Crippen LogP contribution in [0.5, 0.6) is 0 Å². The summed E-state index contributed by atoms with van der Waals surface area (Å²) >= 11 is 0. The van der Waals surface area contributed by atoms with Gasteiger partial charge in [-0.05, 0) is 6.92 Å². The zero-order valence-electron chi connectivity index (χ0n) is 5.27. The maximum atomic E-state index is 10.4. The molecule has 1 unspecified atom stereocenters. The molecular formula is C4H10O4S. The molecule has 0 aromatic carbocycles. The summed E-state index contributed by atoms with van der Waals surface area (Å²) in [7, 11) is -3.50. The Balaban J connectivity index is 4.24. The van der Waals surface area contributed by atoms with Gasteiger partial charge in [0.15, 0.2) is 15.3 Å². The summed E-state index contributed by atoms with van der Waals surface area (Å²) in [5.41, 5.74) is -1.66. The Hall–Kier alpha value is -0.130. The van der Waals surface area contributed by atoms with Gasteiger partial charge in [-0.3, -0.25) is 0 Å². The fourth-order valence-electron chi connectivity index (χ4n) is 0.358. The zero-order chi connectivity index (χ0) is 7.65. The van der Waals surface area contributed by atoms with Gasteiger partial charge >= 0.3 is 0 Å². The summed E-state index contributed by atoms with van der Waals surface area (Å²) in [5, 5.41) is 17.2. The van der Waals surface area contributed by atoms with Crippen molar-refractivity contribution in [1.82, 2.24) is 0 Å². The van der Waals surface area contributed by atoms with Crippen molar-refractivity contribution in [3.8, 4) is 0 Å². The molecule has 2 N–H and O–H groups in total. The van der Waals surface area contributed by atoms with Crippen molar-refractivity contribution >= 4 is 9.84 Å². The number of rotatable bonds is 2. The summed E-state index contributed by atoms with van der Waals surface area (Å²) in [4.78, 5) is 0. The molecule has 0 heterocycles. The van der Waals surface area contributed by atoms with Crippen LogP contribution >= 0.6 is 0 Å². The van der Waals surface area contributed by atoms with Gasteiger partial charge in [0, 0.05) is 6.26 Å². The van der Waals surface area contributed by atoms with E-state index in [-0.39, 0.29) is 0 Å². The van der Waals surface area contributed by atoms with Gasteiger partial charge in [-0.15, -0.1) is 0 Å². The molecule has 5 heteroatoms. The van der Waals surface area contributed by atoms with E-state index in [1.54, 1.807) is 0 Å². The molecule has 0 aliphatic heterocycles. The predicted molar refractivity (Wildman–Crippen MR) is 32.5 cm³/mol. The number of hydrogen-bond donors (Lipinski definition) is 2. The molecule has 56 valence electrons. The van der Waals surface area contributed by atoms with Gasteiger partial charge in [-0.2, -0.15) is 0 Å². The summed E-state index contributed by atoms with van der Waals surface area (Å²) in [6.07, 6.45) is -0.357. The molecule has 0 saturated carbocycles. The lowest BCUT2D eigenvalue weighted by molar-refractivity contribution is 0.0813. The number of aliphatic hydroxyl groups is 2. The third-order valence-electron chi connectivity index (χ3n) is 0.851. The lowest BCUT2D eigenvalue weighted by Gasteiger charge is -2.09. The van der Waals surface area contributed by atoms with Gasteiger partial charge in [0.25, 0.3) is 0 Å². The standard InChI is InChI=1S/C4H10O4S/c1-3(5)4(6)9(2,7)8/h3-6H,1-2H3/t3?,4-/m1/s1. The largest absolute Gasteiger partial charge is 0.390 e. The topological polar surface area (TPSA) is 74.6 Å². The summed E-state index contributed by atoms with van der Waals surface area (Å²) in [6.45, 7) is 1.21. The lowest BCUT2D eigenvalue weighted by Crippen LogP contribution is -2.30. The molecule has 0 aliphatic rings. The van der Waals surface area contributed by atoms with Crippen LogP contribution in [0.25, 0.3) is 0 Å². The van der Waals surface area contributed by atoms with Crippen molar-refractivity contribution in [2.24, 2.45) is 0 Å².